The van der Waals surface area contributed by atoms with Crippen LogP contribution < -0.4 is 10.1 Å². The number of methoxy groups -OCH3 is 2. The number of hydrogen-bond acceptors (Lipinski definition) is 4. The minimum Gasteiger partial charge on any atom is -0.495 e. The van der Waals surface area contributed by atoms with Crippen molar-refractivity contribution >= 4 is 17.6 Å². The summed E-state index contributed by atoms with van der Waals surface area (Å²) in [5.41, 5.74) is 0.235. The van der Waals surface area contributed by atoms with Crippen molar-refractivity contribution in [3.8, 4) is 5.75 Å². The van der Waals surface area contributed by atoms with Gasteiger partial charge in [-0.25, -0.2) is 0 Å². The second-order valence-electron chi connectivity index (χ2n) is 4.44. The summed E-state index contributed by atoms with van der Waals surface area (Å²) in [6.07, 6.45) is 0. The van der Waals surface area contributed by atoms with Crippen LogP contribution in [0.15, 0.2) is 18.2 Å². The third-order valence-electron chi connectivity index (χ3n) is 2.65. The molecule has 0 atom stereocenters. The van der Waals surface area contributed by atoms with Crippen molar-refractivity contribution in [1.29, 1.82) is 0 Å². The Morgan fingerprint density at radius 1 is 1.39 bits per heavy atom. The summed E-state index contributed by atoms with van der Waals surface area (Å²) in [7, 11) is 2.94. The molecular formula is C13H18ClNO3. The smallest absolute Gasteiger partial charge is 0.325 e. The van der Waals surface area contributed by atoms with Gasteiger partial charge < -0.3 is 9.47 Å². The van der Waals surface area contributed by atoms with Gasteiger partial charge in [0.2, 0.25) is 0 Å². The standard InChI is InChI=1S/C13H18ClNO3/c1-13(2,12(16)18-4)15-8-9-5-6-11(17-3)10(14)7-9/h5-7,15H,8H2,1-4H3. The fourth-order valence-electron chi connectivity index (χ4n) is 1.47. The van der Waals surface area contributed by atoms with E-state index in [2.05, 4.69) is 5.32 Å². The lowest BCUT2D eigenvalue weighted by Crippen LogP contribution is -2.46. The van der Waals surface area contributed by atoms with Crippen molar-refractivity contribution in [3.05, 3.63) is 28.8 Å². The Kier molecular flexibility index (Phi) is 4.99. The van der Waals surface area contributed by atoms with Crippen LogP contribution in [-0.4, -0.2) is 25.7 Å². The van der Waals surface area contributed by atoms with Crippen LogP contribution >= 0.6 is 11.6 Å². The van der Waals surface area contributed by atoms with E-state index in [0.29, 0.717) is 17.3 Å². The van der Waals surface area contributed by atoms with Crippen LogP contribution in [0.2, 0.25) is 5.02 Å². The van der Waals surface area contributed by atoms with E-state index in [1.54, 1.807) is 33.1 Å². The van der Waals surface area contributed by atoms with Gasteiger partial charge in [0.25, 0.3) is 0 Å². The summed E-state index contributed by atoms with van der Waals surface area (Å²) < 4.78 is 9.79. The molecule has 0 unspecified atom stereocenters. The van der Waals surface area contributed by atoms with E-state index >= 15 is 0 Å². The van der Waals surface area contributed by atoms with Gasteiger partial charge in [-0.15, -0.1) is 0 Å². The molecule has 0 spiro atoms. The number of ether oxygens (including phenoxy) is 2. The highest BCUT2D eigenvalue weighted by Gasteiger charge is 2.27. The monoisotopic (exact) mass is 271 g/mol. The lowest BCUT2D eigenvalue weighted by molar-refractivity contribution is -0.147. The highest BCUT2D eigenvalue weighted by Crippen LogP contribution is 2.25. The number of hydrogen-bond donors (Lipinski definition) is 1. The van der Waals surface area contributed by atoms with Gasteiger partial charge in [-0.05, 0) is 31.5 Å². The van der Waals surface area contributed by atoms with Crippen LogP contribution in [0.1, 0.15) is 19.4 Å². The van der Waals surface area contributed by atoms with Crippen LogP contribution in [0.25, 0.3) is 0 Å². The van der Waals surface area contributed by atoms with Gasteiger partial charge in [0, 0.05) is 6.54 Å². The quantitative estimate of drug-likeness (QED) is 0.836. The molecule has 0 aliphatic carbocycles. The maximum atomic E-state index is 11.5. The zero-order valence-corrected chi connectivity index (χ0v) is 11.8. The first-order chi connectivity index (χ1) is 8.40. The number of benzene rings is 1. The van der Waals surface area contributed by atoms with Crippen molar-refractivity contribution in [2.45, 2.75) is 25.9 Å². The van der Waals surface area contributed by atoms with Crippen molar-refractivity contribution in [3.63, 3.8) is 0 Å². The molecular weight excluding hydrogens is 254 g/mol. The van der Waals surface area contributed by atoms with Crippen LogP contribution in [-0.2, 0) is 16.1 Å². The lowest BCUT2D eigenvalue weighted by atomic mass is 10.1. The number of halogens is 1. The summed E-state index contributed by atoms with van der Waals surface area (Å²) in [4.78, 5) is 11.5. The molecule has 1 N–H and O–H groups in total. The average molecular weight is 272 g/mol. The van der Waals surface area contributed by atoms with Crippen LogP contribution in [0, 0.1) is 0 Å². The molecule has 0 aliphatic rings. The minimum absolute atomic E-state index is 0.304. The maximum Gasteiger partial charge on any atom is 0.325 e. The third-order valence-corrected chi connectivity index (χ3v) is 2.94. The lowest BCUT2D eigenvalue weighted by Gasteiger charge is -2.23. The summed E-state index contributed by atoms with van der Waals surface area (Å²) in [5, 5.41) is 3.67. The molecule has 0 bridgehead atoms. The number of carbonyl (C=O) groups excluding carboxylic acids is 1. The summed E-state index contributed by atoms with van der Waals surface area (Å²) in [6, 6.07) is 5.50. The Morgan fingerprint density at radius 2 is 2.06 bits per heavy atom. The minimum atomic E-state index is -0.735. The Labute approximate surface area is 112 Å². The molecule has 0 aliphatic heterocycles. The fraction of sp³-hybridized carbons (Fsp3) is 0.462. The molecule has 0 heterocycles. The number of nitrogens with one attached hydrogen (secondary N) is 1. The first-order valence-corrected chi connectivity index (χ1v) is 5.94. The summed E-state index contributed by atoms with van der Waals surface area (Å²) >= 11 is 6.02. The molecule has 1 aromatic carbocycles. The largest absolute Gasteiger partial charge is 0.495 e. The van der Waals surface area contributed by atoms with Crippen LogP contribution in [0.5, 0.6) is 5.75 Å². The average Bonchev–Trinajstić information content (AvgIpc) is 2.35. The van der Waals surface area contributed by atoms with E-state index in [4.69, 9.17) is 21.1 Å². The van der Waals surface area contributed by atoms with Crippen LogP contribution in [0.4, 0.5) is 0 Å². The Morgan fingerprint density at radius 3 is 2.56 bits per heavy atom. The van der Waals surface area contributed by atoms with Crippen molar-refractivity contribution < 1.29 is 14.3 Å². The van der Waals surface area contributed by atoms with E-state index in [0.717, 1.165) is 5.56 Å². The molecule has 0 aromatic heterocycles. The molecule has 18 heavy (non-hydrogen) atoms. The summed E-state index contributed by atoms with van der Waals surface area (Å²) in [5.74, 6) is 0.328. The van der Waals surface area contributed by atoms with Gasteiger partial charge in [0.05, 0.1) is 19.2 Å². The Bertz CT molecular complexity index is 432. The van der Waals surface area contributed by atoms with E-state index in [1.165, 1.54) is 7.11 Å². The Hall–Kier alpha value is -1.26. The Balaban J connectivity index is 2.69. The zero-order valence-electron chi connectivity index (χ0n) is 11.0. The molecule has 1 rings (SSSR count). The third kappa shape index (κ3) is 3.62. The fourth-order valence-corrected chi connectivity index (χ4v) is 1.75. The van der Waals surface area contributed by atoms with Gasteiger partial charge in [0.15, 0.2) is 0 Å². The van der Waals surface area contributed by atoms with E-state index in [1.807, 2.05) is 6.07 Å². The van der Waals surface area contributed by atoms with Gasteiger partial charge >= 0.3 is 5.97 Å². The topological polar surface area (TPSA) is 47.6 Å². The van der Waals surface area contributed by atoms with Gasteiger partial charge in [-0.3, -0.25) is 10.1 Å². The van der Waals surface area contributed by atoms with Crippen molar-refractivity contribution in [2.75, 3.05) is 14.2 Å². The molecule has 5 heteroatoms. The number of carbonyl (C=O) groups is 1. The van der Waals surface area contributed by atoms with E-state index in [-0.39, 0.29) is 5.97 Å². The highest BCUT2D eigenvalue weighted by molar-refractivity contribution is 6.32. The first-order valence-electron chi connectivity index (χ1n) is 5.56. The molecule has 0 amide bonds. The zero-order chi connectivity index (χ0) is 13.8. The molecule has 0 fully saturated rings. The predicted octanol–water partition coefficient (Wildman–Crippen LogP) is 2.39. The van der Waals surface area contributed by atoms with Gasteiger partial charge in [-0.2, -0.15) is 0 Å². The van der Waals surface area contributed by atoms with Gasteiger partial charge in [0.1, 0.15) is 11.3 Å². The predicted molar refractivity (Wildman–Crippen MR) is 70.9 cm³/mol. The molecule has 0 saturated heterocycles. The molecule has 0 saturated carbocycles. The molecule has 0 radical (unpaired) electrons. The molecule has 4 nitrogen and oxygen atoms in total. The second-order valence-corrected chi connectivity index (χ2v) is 4.85. The number of rotatable bonds is 5. The SMILES string of the molecule is COC(=O)C(C)(C)NCc1ccc(OC)c(Cl)c1. The van der Waals surface area contributed by atoms with Crippen molar-refractivity contribution in [2.24, 2.45) is 0 Å². The van der Waals surface area contributed by atoms with Crippen LogP contribution in [0.3, 0.4) is 0 Å². The number of esters is 1. The normalized spacial score (nSPS) is 11.2. The van der Waals surface area contributed by atoms with Gasteiger partial charge in [-0.1, -0.05) is 17.7 Å². The first kappa shape index (κ1) is 14.8. The molecule has 1 aromatic rings. The maximum absolute atomic E-state index is 11.5. The van der Waals surface area contributed by atoms with E-state index < -0.39 is 5.54 Å². The molecule has 100 valence electrons. The van der Waals surface area contributed by atoms with Crippen molar-refractivity contribution in [1.82, 2.24) is 5.32 Å². The van der Waals surface area contributed by atoms with E-state index in [9.17, 15) is 4.79 Å². The second kappa shape index (κ2) is 6.07. The summed E-state index contributed by atoms with van der Waals surface area (Å²) in [6.45, 7) is 4.06. The highest BCUT2D eigenvalue weighted by atomic mass is 35.5.